The van der Waals surface area contributed by atoms with Crippen molar-refractivity contribution in [3.05, 3.63) is 69.9 Å². The first kappa shape index (κ1) is 17.2. The van der Waals surface area contributed by atoms with E-state index in [1.165, 1.54) is 0 Å². The highest BCUT2D eigenvalue weighted by molar-refractivity contribution is 6.30. The standard InChI is InChI=1S/C20H19ClN2O2/c1-13-3-9-18(25-2)15(11-13)12-17-20(24)23-19(22-17)10-6-14-4-7-16(21)8-5-14/h3-5,7-9,11-12H,6,10H2,1-2H3,(H,22,23,24)/b17-12+. The first-order valence-electron chi connectivity index (χ1n) is 8.05. The smallest absolute Gasteiger partial charge is 0.275 e. The molecule has 0 saturated heterocycles. The maximum atomic E-state index is 12.2. The molecule has 0 fully saturated rings. The third kappa shape index (κ3) is 4.28. The SMILES string of the molecule is COc1ccc(C)cc1/C=C1/N=C(CCc2ccc(Cl)cc2)NC1=O. The van der Waals surface area contributed by atoms with Crippen molar-refractivity contribution in [2.45, 2.75) is 19.8 Å². The number of hydrogen-bond donors (Lipinski definition) is 1. The van der Waals surface area contributed by atoms with E-state index in [4.69, 9.17) is 16.3 Å². The van der Waals surface area contributed by atoms with Gasteiger partial charge in [-0.25, -0.2) is 4.99 Å². The van der Waals surface area contributed by atoms with Gasteiger partial charge in [-0.15, -0.1) is 0 Å². The Hall–Kier alpha value is -2.59. The molecule has 1 amide bonds. The van der Waals surface area contributed by atoms with Crippen LogP contribution in [0, 0.1) is 6.92 Å². The maximum absolute atomic E-state index is 12.2. The van der Waals surface area contributed by atoms with E-state index in [0.29, 0.717) is 23.0 Å². The first-order chi connectivity index (χ1) is 12.0. The number of amidine groups is 1. The number of aliphatic imine (C=N–C) groups is 1. The van der Waals surface area contributed by atoms with Crippen LogP contribution in [0.25, 0.3) is 6.08 Å². The molecule has 0 radical (unpaired) electrons. The van der Waals surface area contributed by atoms with Crippen molar-refractivity contribution < 1.29 is 9.53 Å². The molecular formula is C20H19ClN2O2. The van der Waals surface area contributed by atoms with E-state index in [0.717, 1.165) is 28.9 Å². The Balaban J connectivity index is 1.76. The van der Waals surface area contributed by atoms with Crippen LogP contribution in [0.3, 0.4) is 0 Å². The molecule has 1 heterocycles. The number of ether oxygens (including phenoxy) is 1. The van der Waals surface area contributed by atoms with Gasteiger partial charge in [-0.05, 0) is 49.2 Å². The summed E-state index contributed by atoms with van der Waals surface area (Å²) in [5.41, 5.74) is 3.49. The van der Waals surface area contributed by atoms with E-state index >= 15 is 0 Å². The molecule has 1 N–H and O–H groups in total. The van der Waals surface area contributed by atoms with Crippen LogP contribution < -0.4 is 10.1 Å². The van der Waals surface area contributed by atoms with Crippen LogP contribution in [0.4, 0.5) is 0 Å². The lowest BCUT2D eigenvalue weighted by Crippen LogP contribution is -2.24. The van der Waals surface area contributed by atoms with Gasteiger partial charge in [0.25, 0.3) is 5.91 Å². The highest BCUT2D eigenvalue weighted by Gasteiger charge is 2.20. The summed E-state index contributed by atoms with van der Waals surface area (Å²) in [6.45, 7) is 2.00. The topological polar surface area (TPSA) is 50.7 Å². The minimum absolute atomic E-state index is 0.185. The van der Waals surface area contributed by atoms with Gasteiger partial charge < -0.3 is 10.1 Å². The lowest BCUT2D eigenvalue weighted by molar-refractivity contribution is -0.115. The highest BCUT2D eigenvalue weighted by Crippen LogP contribution is 2.24. The summed E-state index contributed by atoms with van der Waals surface area (Å²) in [7, 11) is 1.61. The zero-order chi connectivity index (χ0) is 17.8. The van der Waals surface area contributed by atoms with Crippen molar-refractivity contribution >= 4 is 29.4 Å². The number of halogens is 1. The van der Waals surface area contributed by atoms with E-state index in [9.17, 15) is 4.79 Å². The average Bonchev–Trinajstić information content (AvgIpc) is 2.94. The summed E-state index contributed by atoms with van der Waals surface area (Å²) in [6, 6.07) is 13.5. The molecule has 0 saturated carbocycles. The average molecular weight is 355 g/mol. The van der Waals surface area contributed by atoms with Crippen molar-refractivity contribution in [3.8, 4) is 5.75 Å². The van der Waals surface area contributed by atoms with Crippen molar-refractivity contribution in [3.63, 3.8) is 0 Å². The van der Waals surface area contributed by atoms with E-state index in [1.807, 2.05) is 49.4 Å². The summed E-state index contributed by atoms with van der Waals surface area (Å²) in [5, 5.41) is 3.55. The van der Waals surface area contributed by atoms with Crippen LogP contribution in [0.5, 0.6) is 5.75 Å². The monoisotopic (exact) mass is 354 g/mol. The van der Waals surface area contributed by atoms with Gasteiger partial charge in [0, 0.05) is 17.0 Å². The summed E-state index contributed by atoms with van der Waals surface area (Å²) >= 11 is 5.89. The van der Waals surface area contributed by atoms with Gasteiger partial charge in [0.05, 0.1) is 7.11 Å². The number of nitrogens with zero attached hydrogens (tertiary/aromatic N) is 1. The number of methoxy groups -OCH3 is 1. The fraction of sp³-hybridized carbons (Fsp3) is 0.200. The Bertz CT molecular complexity index is 854. The van der Waals surface area contributed by atoms with E-state index < -0.39 is 0 Å². The van der Waals surface area contributed by atoms with Crippen LogP contribution in [0.2, 0.25) is 5.02 Å². The van der Waals surface area contributed by atoms with Gasteiger partial charge in [-0.2, -0.15) is 0 Å². The molecule has 0 atom stereocenters. The molecular weight excluding hydrogens is 336 g/mol. The van der Waals surface area contributed by atoms with Gasteiger partial charge in [-0.3, -0.25) is 4.79 Å². The highest BCUT2D eigenvalue weighted by atomic mass is 35.5. The number of hydrogen-bond acceptors (Lipinski definition) is 3. The Morgan fingerprint density at radius 3 is 2.64 bits per heavy atom. The number of amides is 1. The van der Waals surface area contributed by atoms with Crippen LogP contribution in [0.15, 0.2) is 53.2 Å². The van der Waals surface area contributed by atoms with Gasteiger partial charge in [0.15, 0.2) is 0 Å². The summed E-state index contributed by atoms with van der Waals surface area (Å²) in [6.07, 6.45) is 3.21. The molecule has 0 aromatic heterocycles. The lowest BCUT2D eigenvalue weighted by Gasteiger charge is -2.05. The molecule has 0 aliphatic carbocycles. The molecule has 25 heavy (non-hydrogen) atoms. The van der Waals surface area contributed by atoms with Gasteiger partial charge in [0.2, 0.25) is 0 Å². The largest absolute Gasteiger partial charge is 0.496 e. The van der Waals surface area contributed by atoms with Crippen LogP contribution in [0.1, 0.15) is 23.1 Å². The Morgan fingerprint density at radius 2 is 1.92 bits per heavy atom. The molecule has 1 aliphatic rings. The molecule has 4 nitrogen and oxygen atoms in total. The lowest BCUT2D eigenvalue weighted by atomic mass is 10.1. The summed E-state index contributed by atoms with van der Waals surface area (Å²) in [5.74, 6) is 1.21. The van der Waals surface area contributed by atoms with Crippen molar-refractivity contribution in [1.29, 1.82) is 0 Å². The molecule has 0 unspecified atom stereocenters. The van der Waals surface area contributed by atoms with Crippen molar-refractivity contribution in [2.75, 3.05) is 7.11 Å². The third-order valence-electron chi connectivity index (χ3n) is 3.99. The Morgan fingerprint density at radius 1 is 1.16 bits per heavy atom. The van der Waals surface area contributed by atoms with Gasteiger partial charge in [-0.1, -0.05) is 35.4 Å². The van der Waals surface area contributed by atoms with E-state index in [-0.39, 0.29) is 5.91 Å². The van der Waals surface area contributed by atoms with Crippen LogP contribution in [-0.4, -0.2) is 18.9 Å². The van der Waals surface area contributed by atoms with Crippen LogP contribution >= 0.6 is 11.6 Å². The number of carbonyl (C=O) groups is 1. The maximum Gasteiger partial charge on any atom is 0.275 e. The predicted molar refractivity (Wildman–Crippen MR) is 101 cm³/mol. The van der Waals surface area contributed by atoms with E-state index in [2.05, 4.69) is 10.3 Å². The molecule has 1 aliphatic heterocycles. The number of nitrogens with one attached hydrogen (secondary N) is 1. The van der Waals surface area contributed by atoms with Crippen LogP contribution in [-0.2, 0) is 11.2 Å². The summed E-state index contributed by atoms with van der Waals surface area (Å²) < 4.78 is 5.35. The second-order valence-electron chi connectivity index (χ2n) is 5.91. The Labute approximate surface area is 152 Å². The normalized spacial score (nSPS) is 15.2. The van der Waals surface area contributed by atoms with E-state index in [1.54, 1.807) is 13.2 Å². The molecule has 3 rings (SSSR count). The predicted octanol–water partition coefficient (Wildman–Crippen LogP) is 4.16. The number of rotatable bonds is 5. The van der Waals surface area contributed by atoms with Crippen molar-refractivity contribution in [1.82, 2.24) is 5.32 Å². The quantitative estimate of drug-likeness (QED) is 0.820. The molecule has 2 aromatic carbocycles. The minimum Gasteiger partial charge on any atom is -0.496 e. The summed E-state index contributed by atoms with van der Waals surface area (Å²) in [4.78, 5) is 16.6. The Kier molecular flexibility index (Phi) is 5.19. The zero-order valence-electron chi connectivity index (χ0n) is 14.2. The number of benzene rings is 2. The fourth-order valence-corrected chi connectivity index (χ4v) is 2.79. The van der Waals surface area contributed by atoms with Gasteiger partial charge in [0.1, 0.15) is 17.3 Å². The minimum atomic E-state index is -0.185. The molecule has 128 valence electrons. The molecule has 0 bridgehead atoms. The van der Waals surface area contributed by atoms with Crippen molar-refractivity contribution in [2.24, 2.45) is 4.99 Å². The number of aryl methyl sites for hydroxylation is 2. The zero-order valence-corrected chi connectivity index (χ0v) is 14.9. The second kappa shape index (κ2) is 7.53. The molecule has 2 aromatic rings. The molecule has 5 heteroatoms. The van der Waals surface area contributed by atoms with Gasteiger partial charge >= 0.3 is 0 Å². The fourth-order valence-electron chi connectivity index (χ4n) is 2.66. The second-order valence-corrected chi connectivity index (χ2v) is 6.35. The number of carbonyl (C=O) groups excluding carboxylic acids is 1. The first-order valence-corrected chi connectivity index (χ1v) is 8.42. The molecule has 0 spiro atoms. The third-order valence-corrected chi connectivity index (χ3v) is 4.24.